The third kappa shape index (κ3) is 2.76. The summed E-state index contributed by atoms with van der Waals surface area (Å²) in [5, 5.41) is 13.6. The Bertz CT molecular complexity index is 750. The highest BCUT2D eigenvalue weighted by Gasteiger charge is 2.16. The quantitative estimate of drug-likeness (QED) is 0.905. The largest absolute Gasteiger partial charge is 0.504 e. The van der Waals surface area contributed by atoms with Gasteiger partial charge in [0, 0.05) is 24.3 Å². The Kier molecular flexibility index (Phi) is 3.64. The number of fused-ring (bicyclic) bond motifs is 1. The Morgan fingerprint density at radius 3 is 3.05 bits per heavy atom. The summed E-state index contributed by atoms with van der Waals surface area (Å²) >= 11 is 0. The van der Waals surface area contributed by atoms with E-state index >= 15 is 0 Å². The van der Waals surface area contributed by atoms with Gasteiger partial charge in [0.05, 0.1) is 0 Å². The van der Waals surface area contributed by atoms with Gasteiger partial charge in [-0.05, 0) is 30.5 Å². The lowest BCUT2D eigenvalue weighted by atomic mass is 10.1. The molecular formula is C16H15N3O2. The molecule has 0 aliphatic heterocycles. The fourth-order valence-electron chi connectivity index (χ4n) is 2.26. The summed E-state index contributed by atoms with van der Waals surface area (Å²) in [6, 6.07) is 3.54. The Morgan fingerprint density at radius 1 is 1.33 bits per heavy atom. The molecule has 2 aromatic rings. The van der Waals surface area contributed by atoms with E-state index in [0.29, 0.717) is 17.4 Å². The Morgan fingerprint density at radius 2 is 2.24 bits per heavy atom. The number of amides is 1. The molecule has 5 heteroatoms. The molecule has 0 radical (unpaired) electrons. The van der Waals surface area contributed by atoms with Crippen molar-refractivity contribution in [1.82, 2.24) is 15.3 Å². The van der Waals surface area contributed by atoms with E-state index in [2.05, 4.69) is 27.4 Å². The molecule has 0 bridgehead atoms. The lowest BCUT2D eigenvalue weighted by Crippen LogP contribution is -2.26. The predicted octanol–water partition coefficient (Wildman–Crippen LogP) is 2.34. The molecule has 0 aromatic carbocycles. The smallest absolute Gasteiger partial charge is 0.274 e. The number of nitrogens with zero attached hydrogens (tertiary/aromatic N) is 2. The van der Waals surface area contributed by atoms with Crippen LogP contribution in [0.5, 0.6) is 5.75 Å². The van der Waals surface area contributed by atoms with Gasteiger partial charge in [-0.2, -0.15) is 0 Å². The van der Waals surface area contributed by atoms with Gasteiger partial charge in [-0.1, -0.05) is 18.2 Å². The van der Waals surface area contributed by atoms with Crippen LogP contribution in [0.2, 0.25) is 0 Å². The maximum Gasteiger partial charge on any atom is 0.274 e. The van der Waals surface area contributed by atoms with Gasteiger partial charge in [-0.25, -0.2) is 4.98 Å². The first-order chi connectivity index (χ1) is 10.3. The van der Waals surface area contributed by atoms with Crippen molar-refractivity contribution in [2.45, 2.75) is 12.8 Å². The first-order valence-electron chi connectivity index (χ1n) is 6.82. The second-order valence-corrected chi connectivity index (χ2v) is 4.84. The third-order valence-corrected chi connectivity index (χ3v) is 3.36. The molecule has 0 spiro atoms. The van der Waals surface area contributed by atoms with E-state index in [1.165, 1.54) is 6.20 Å². The van der Waals surface area contributed by atoms with Crippen LogP contribution in [0.4, 0.5) is 0 Å². The summed E-state index contributed by atoms with van der Waals surface area (Å²) in [6.07, 6.45) is 11.3. The van der Waals surface area contributed by atoms with Gasteiger partial charge in [0.25, 0.3) is 5.91 Å². The number of carbonyl (C=O) groups excluding carboxylic acids is 1. The lowest BCUT2D eigenvalue weighted by Gasteiger charge is -2.10. The van der Waals surface area contributed by atoms with Crippen LogP contribution in [0, 0.1) is 0 Å². The van der Waals surface area contributed by atoms with Crippen molar-refractivity contribution in [1.29, 1.82) is 0 Å². The zero-order valence-corrected chi connectivity index (χ0v) is 11.4. The number of nitrogens with one attached hydrogen (secondary N) is 1. The Balaban J connectivity index is 1.80. The molecule has 2 aromatic heterocycles. The van der Waals surface area contributed by atoms with Crippen LogP contribution in [0.25, 0.3) is 10.9 Å². The van der Waals surface area contributed by atoms with Gasteiger partial charge in [-0.3, -0.25) is 9.78 Å². The first-order valence-corrected chi connectivity index (χ1v) is 6.82. The number of hydrogen-bond acceptors (Lipinski definition) is 4. The highest BCUT2D eigenvalue weighted by molar-refractivity contribution is 6.00. The summed E-state index contributed by atoms with van der Waals surface area (Å²) in [5.41, 5.74) is 1.45. The number of rotatable bonds is 3. The van der Waals surface area contributed by atoms with E-state index in [4.69, 9.17) is 0 Å². The summed E-state index contributed by atoms with van der Waals surface area (Å²) in [5.74, 6) is -0.585. The van der Waals surface area contributed by atoms with Crippen molar-refractivity contribution in [2.24, 2.45) is 0 Å². The standard InChI is InChI=1S/C16H15N3O2/c20-15-13-12(7-4-8-17-13)10-18-14(15)16(21)19-9-11-5-2-1-3-6-11/h2,4-8,10,20H,1,3,9H2,(H,19,21). The molecule has 0 saturated carbocycles. The maximum absolute atomic E-state index is 12.1. The number of allylic oxidation sites excluding steroid dienone is 2. The molecule has 0 unspecified atom stereocenters. The molecular weight excluding hydrogens is 266 g/mol. The van der Waals surface area contributed by atoms with Gasteiger partial charge in [0.2, 0.25) is 0 Å². The molecule has 0 fully saturated rings. The molecule has 21 heavy (non-hydrogen) atoms. The van der Waals surface area contributed by atoms with Crippen LogP contribution in [0.1, 0.15) is 23.3 Å². The number of carbonyl (C=O) groups is 1. The van der Waals surface area contributed by atoms with E-state index in [1.807, 2.05) is 6.08 Å². The van der Waals surface area contributed by atoms with Gasteiger partial charge in [0.1, 0.15) is 5.52 Å². The predicted molar refractivity (Wildman–Crippen MR) is 80.0 cm³/mol. The fraction of sp³-hybridized carbons (Fsp3) is 0.188. The van der Waals surface area contributed by atoms with Gasteiger partial charge in [-0.15, -0.1) is 0 Å². The molecule has 1 aliphatic carbocycles. The summed E-state index contributed by atoms with van der Waals surface area (Å²) in [4.78, 5) is 20.3. The van der Waals surface area contributed by atoms with Crippen LogP contribution in [0.15, 0.2) is 48.3 Å². The van der Waals surface area contributed by atoms with Crippen LogP contribution < -0.4 is 5.32 Å². The van der Waals surface area contributed by atoms with Crippen molar-refractivity contribution in [3.63, 3.8) is 0 Å². The summed E-state index contributed by atoms with van der Waals surface area (Å²) in [7, 11) is 0. The van der Waals surface area contributed by atoms with E-state index in [-0.39, 0.29) is 11.4 Å². The molecule has 106 valence electrons. The molecule has 2 N–H and O–H groups in total. The average Bonchev–Trinajstić information content (AvgIpc) is 2.54. The molecule has 1 amide bonds. The first kappa shape index (κ1) is 13.3. The second kappa shape index (κ2) is 5.75. The number of aromatic nitrogens is 2. The van der Waals surface area contributed by atoms with Crippen molar-refractivity contribution in [2.75, 3.05) is 6.54 Å². The molecule has 5 nitrogen and oxygen atoms in total. The van der Waals surface area contributed by atoms with E-state index in [0.717, 1.165) is 18.4 Å². The zero-order valence-electron chi connectivity index (χ0n) is 11.4. The van der Waals surface area contributed by atoms with Crippen molar-refractivity contribution in [3.05, 3.63) is 54.0 Å². The Hall–Kier alpha value is -2.69. The Labute approximate surface area is 122 Å². The van der Waals surface area contributed by atoms with E-state index in [9.17, 15) is 9.90 Å². The molecule has 0 saturated heterocycles. The van der Waals surface area contributed by atoms with Crippen molar-refractivity contribution < 1.29 is 9.90 Å². The summed E-state index contributed by atoms with van der Waals surface area (Å²) < 4.78 is 0. The minimum absolute atomic E-state index is 0.00147. The zero-order chi connectivity index (χ0) is 14.7. The fourth-order valence-corrected chi connectivity index (χ4v) is 2.26. The number of pyridine rings is 2. The third-order valence-electron chi connectivity index (χ3n) is 3.36. The van der Waals surface area contributed by atoms with Gasteiger partial charge < -0.3 is 10.4 Å². The number of aromatic hydroxyl groups is 1. The molecule has 3 rings (SSSR count). The average molecular weight is 281 g/mol. The molecule has 2 heterocycles. The normalized spacial score (nSPS) is 14.0. The minimum atomic E-state index is -0.403. The van der Waals surface area contributed by atoms with Crippen molar-refractivity contribution >= 4 is 16.8 Å². The van der Waals surface area contributed by atoms with Crippen LogP contribution in [-0.2, 0) is 0 Å². The lowest BCUT2D eigenvalue weighted by molar-refractivity contribution is 0.0949. The summed E-state index contributed by atoms with van der Waals surface area (Å²) in [6.45, 7) is 0.427. The van der Waals surface area contributed by atoms with Gasteiger partial charge in [0.15, 0.2) is 11.4 Å². The van der Waals surface area contributed by atoms with Crippen LogP contribution in [-0.4, -0.2) is 27.5 Å². The number of hydrogen-bond donors (Lipinski definition) is 2. The highest BCUT2D eigenvalue weighted by Crippen LogP contribution is 2.24. The van der Waals surface area contributed by atoms with Gasteiger partial charge >= 0.3 is 0 Å². The van der Waals surface area contributed by atoms with E-state index in [1.54, 1.807) is 18.3 Å². The SMILES string of the molecule is O=C(NCC1=CCCC=C1)c1ncc2cccnc2c1O. The second-order valence-electron chi connectivity index (χ2n) is 4.84. The van der Waals surface area contributed by atoms with E-state index < -0.39 is 5.91 Å². The molecule has 1 aliphatic rings. The van der Waals surface area contributed by atoms with Crippen molar-refractivity contribution in [3.8, 4) is 5.75 Å². The highest BCUT2D eigenvalue weighted by atomic mass is 16.3. The minimum Gasteiger partial charge on any atom is -0.504 e. The topological polar surface area (TPSA) is 75.1 Å². The maximum atomic E-state index is 12.1. The molecule has 0 atom stereocenters. The monoisotopic (exact) mass is 281 g/mol. The van der Waals surface area contributed by atoms with Crippen LogP contribution in [0.3, 0.4) is 0 Å². The van der Waals surface area contributed by atoms with Crippen LogP contribution >= 0.6 is 0 Å².